The summed E-state index contributed by atoms with van der Waals surface area (Å²) in [6, 6.07) is 8.17. The van der Waals surface area contributed by atoms with E-state index in [1.165, 1.54) is 0 Å². The Labute approximate surface area is 110 Å². The summed E-state index contributed by atoms with van der Waals surface area (Å²) in [6.07, 6.45) is 0. The van der Waals surface area contributed by atoms with Crippen molar-refractivity contribution in [1.82, 2.24) is 0 Å². The van der Waals surface area contributed by atoms with Crippen LogP contribution >= 0.6 is 0 Å². The Morgan fingerprint density at radius 1 is 1.28 bits per heavy atom. The second kappa shape index (κ2) is 4.99. The summed E-state index contributed by atoms with van der Waals surface area (Å²) in [6.45, 7) is 10.3. The quantitative estimate of drug-likeness (QED) is 0.892. The number of nitriles is 1. The van der Waals surface area contributed by atoms with Crippen LogP contribution in [0.15, 0.2) is 18.2 Å². The zero-order chi connectivity index (χ0) is 14.0. The Morgan fingerprint density at radius 3 is 2.39 bits per heavy atom. The van der Waals surface area contributed by atoms with E-state index >= 15 is 0 Å². The van der Waals surface area contributed by atoms with Gasteiger partial charge < -0.3 is 10.5 Å². The molecule has 3 nitrogen and oxygen atoms in total. The van der Waals surface area contributed by atoms with Gasteiger partial charge in [-0.15, -0.1) is 0 Å². The van der Waals surface area contributed by atoms with E-state index in [-0.39, 0.29) is 12.0 Å². The number of aryl methyl sites for hydroxylation is 1. The monoisotopic (exact) mass is 246 g/mol. The first-order valence-electron chi connectivity index (χ1n) is 6.10. The molecular formula is C15H22N2O. The highest BCUT2D eigenvalue weighted by molar-refractivity contribution is 5.41. The number of rotatable bonds is 3. The molecule has 1 rings (SSSR count). The fraction of sp³-hybridized carbons (Fsp3) is 0.533. The number of nitrogens with two attached hydrogens (primary N) is 1. The van der Waals surface area contributed by atoms with E-state index in [2.05, 4.69) is 32.9 Å². The van der Waals surface area contributed by atoms with Gasteiger partial charge in [-0.2, -0.15) is 5.26 Å². The minimum atomic E-state index is -0.959. The molecule has 18 heavy (non-hydrogen) atoms. The van der Waals surface area contributed by atoms with Crippen LogP contribution in [0.4, 0.5) is 0 Å². The van der Waals surface area contributed by atoms with Crippen molar-refractivity contribution in [1.29, 1.82) is 5.26 Å². The van der Waals surface area contributed by atoms with Gasteiger partial charge in [-0.25, -0.2) is 0 Å². The molecule has 0 aliphatic heterocycles. The fourth-order valence-corrected chi connectivity index (χ4v) is 1.63. The zero-order valence-corrected chi connectivity index (χ0v) is 11.9. The van der Waals surface area contributed by atoms with Gasteiger partial charge in [0.25, 0.3) is 0 Å². The predicted octanol–water partition coefficient (Wildman–Crippen LogP) is 2.91. The van der Waals surface area contributed by atoms with E-state index in [0.717, 1.165) is 16.9 Å². The highest BCUT2D eigenvalue weighted by Crippen LogP contribution is 2.32. The van der Waals surface area contributed by atoms with Crippen molar-refractivity contribution in [3.63, 3.8) is 0 Å². The Balaban J connectivity index is 3.01. The molecule has 0 fully saturated rings. The van der Waals surface area contributed by atoms with Gasteiger partial charge in [0.2, 0.25) is 0 Å². The summed E-state index contributed by atoms with van der Waals surface area (Å²) in [5.41, 5.74) is 7.08. The second-order valence-electron chi connectivity index (χ2n) is 6.07. The van der Waals surface area contributed by atoms with Gasteiger partial charge in [0.1, 0.15) is 17.9 Å². The van der Waals surface area contributed by atoms with Gasteiger partial charge in [-0.1, -0.05) is 32.9 Å². The van der Waals surface area contributed by atoms with Crippen LogP contribution in [-0.4, -0.2) is 12.1 Å². The largest absolute Gasteiger partial charge is 0.490 e. The van der Waals surface area contributed by atoms with Crippen molar-refractivity contribution in [2.45, 2.75) is 45.6 Å². The molecule has 0 heterocycles. The third kappa shape index (κ3) is 3.75. The summed E-state index contributed by atoms with van der Waals surface area (Å²) in [5.74, 6) is 0.814. The summed E-state index contributed by atoms with van der Waals surface area (Å²) in [5, 5.41) is 8.90. The number of ether oxygens (including phenoxy) is 1. The molecule has 0 saturated heterocycles. The summed E-state index contributed by atoms with van der Waals surface area (Å²) < 4.78 is 5.75. The molecule has 2 N–H and O–H groups in total. The smallest absolute Gasteiger partial charge is 0.135 e. The van der Waals surface area contributed by atoms with Crippen LogP contribution in [0.5, 0.6) is 5.75 Å². The third-order valence-electron chi connectivity index (χ3n) is 2.73. The molecule has 0 aromatic heterocycles. The molecule has 0 spiro atoms. The van der Waals surface area contributed by atoms with Crippen LogP contribution in [0.1, 0.15) is 38.8 Å². The van der Waals surface area contributed by atoms with Crippen molar-refractivity contribution < 1.29 is 4.74 Å². The van der Waals surface area contributed by atoms with Gasteiger partial charge >= 0.3 is 0 Å². The molecule has 1 aromatic rings. The standard InChI is InChI=1S/C15H22N2O/c1-11-6-7-12(14(2,3)4)13(8-11)18-10-15(5,17)9-16/h6-8H,10,17H2,1-5H3. The molecule has 0 aliphatic carbocycles. The van der Waals surface area contributed by atoms with Crippen molar-refractivity contribution >= 4 is 0 Å². The fourth-order valence-electron chi connectivity index (χ4n) is 1.63. The first kappa shape index (κ1) is 14.5. The number of hydrogen-bond donors (Lipinski definition) is 1. The average molecular weight is 246 g/mol. The number of benzene rings is 1. The summed E-state index contributed by atoms with van der Waals surface area (Å²) in [7, 11) is 0. The average Bonchev–Trinajstić information content (AvgIpc) is 2.25. The zero-order valence-electron chi connectivity index (χ0n) is 11.9. The third-order valence-corrected chi connectivity index (χ3v) is 2.73. The molecule has 0 aliphatic rings. The number of hydrogen-bond acceptors (Lipinski definition) is 3. The molecular weight excluding hydrogens is 224 g/mol. The van der Waals surface area contributed by atoms with Crippen molar-refractivity contribution in [2.75, 3.05) is 6.61 Å². The highest BCUT2D eigenvalue weighted by Gasteiger charge is 2.22. The SMILES string of the molecule is Cc1ccc(C(C)(C)C)c(OCC(C)(N)C#N)c1. The molecule has 0 bridgehead atoms. The van der Waals surface area contributed by atoms with Crippen molar-refractivity contribution in [3.8, 4) is 11.8 Å². The first-order valence-corrected chi connectivity index (χ1v) is 6.10. The van der Waals surface area contributed by atoms with E-state index in [4.69, 9.17) is 15.7 Å². The van der Waals surface area contributed by atoms with Gasteiger partial charge in [-0.3, -0.25) is 0 Å². The molecule has 0 saturated carbocycles. The van der Waals surface area contributed by atoms with Gasteiger partial charge in [0.15, 0.2) is 0 Å². The first-order chi connectivity index (χ1) is 8.15. The molecule has 98 valence electrons. The molecule has 0 amide bonds. The van der Waals surface area contributed by atoms with Crippen molar-refractivity contribution in [2.24, 2.45) is 5.73 Å². The van der Waals surface area contributed by atoms with Crippen LogP contribution in [0, 0.1) is 18.3 Å². The van der Waals surface area contributed by atoms with E-state index in [0.29, 0.717) is 0 Å². The summed E-state index contributed by atoms with van der Waals surface area (Å²) in [4.78, 5) is 0. The lowest BCUT2D eigenvalue weighted by molar-refractivity contribution is 0.259. The van der Waals surface area contributed by atoms with Gasteiger partial charge in [-0.05, 0) is 36.5 Å². The molecule has 1 unspecified atom stereocenters. The predicted molar refractivity (Wildman–Crippen MR) is 73.6 cm³/mol. The van der Waals surface area contributed by atoms with Crippen LogP contribution in [0.3, 0.4) is 0 Å². The normalized spacial score (nSPS) is 14.7. The minimum absolute atomic E-state index is 0.000671. The molecule has 3 heteroatoms. The highest BCUT2D eigenvalue weighted by atomic mass is 16.5. The van der Waals surface area contributed by atoms with Crippen molar-refractivity contribution in [3.05, 3.63) is 29.3 Å². The molecule has 1 atom stereocenters. The Bertz CT molecular complexity index is 464. The molecule has 1 aromatic carbocycles. The van der Waals surface area contributed by atoms with Crippen LogP contribution < -0.4 is 10.5 Å². The Kier molecular flexibility index (Phi) is 4.03. The van der Waals surface area contributed by atoms with Crippen LogP contribution in [-0.2, 0) is 5.41 Å². The number of nitrogens with zero attached hydrogens (tertiary/aromatic N) is 1. The van der Waals surface area contributed by atoms with E-state index in [1.807, 2.05) is 19.1 Å². The lowest BCUT2D eigenvalue weighted by Crippen LogP contribution is -2.40. The van der Waals surface area contributed by atoms with Crippen LogP contribution in [0.25, 0.3) is 0 Å². The van der Waals surface area contributed by atoms with Crippen LogP contribution in [0.2, 0.25) is 0 Å². The lowest BCUT2D eigenvalue weighted by Gasteiger charge is -2.25. The second-order valence-corrected chi connectivity index (χ2v) is 6.07. The maximum Gasteiger partial charge on any atom is 0.135 e. The van der Waals surface area contributed by atoms with E-state index in [9.17, 15) is 0 Å². The maximum absolute atomic E-state index is 8.90. The van der Waals surface area contributed by atoms with Gasteiger partial charge in [0, 0.05) is 0 Å². The summed E-state index contributed by atoms with van der Waals surface area (Å²) >= 11 is 0. The molecule has 0 radical (unpaired) electrons. The van der Waals surface area contributed by atoms with E-state index < -0.39 is 5.54 Å². The maximum atomic E-state index is 8.90. The van der Waals surface area contributed by atoms with Gasteiger partial charge in [0.05, 0.1) is 6.07 Å². The topological polar surface area (TPSA) is 59.0 Å². The Morgan fingerprint density at radius 2 is 1.89 bits per heavy atom. The Hall–Kier alpha value is -1.53. The lowest BCUT2D eigenvalue weighted by atomic mass is 9.86. The van der Waals surface area contributed by atoms with E-state index in [1.54, 1.807) is 6.92 Å². The minimum Gasteiger partial charge on any atom is -0.490 e.